The van der Waals surface area contributed by atoms with E-state index < -0.39 is 0 Å². The zero-order valence-electron chi connectivity index (χ0n) is 14.2. The Labute approximate surface area is 164 Å². The van der Waals surface area contributed by atoms with Gasteiger partial charge in [0.25, 0.3) is 0 Å². The first kappa shape index (κ1) is 17.2. The molecule has 0 saturated carbocycles. The Kier molecular flexibility index (Phi) is 4.85. The normalized spacial score (nSPS) is 11.1. The zero-order valence-corrected chi connectivity index (χ0v) is 15.8. The molecule has 4 aromatic rings. The number of carbonyl (C=O) groups is 1. The quantitative estimate of drug-likeness (QED) is 0.419. The lowest BCUT2D eigenvalue weighted by Gasteiger charge is -2.05. The second-order valence-corrected chi connectivity index (χ2v) is 6.82. The van der Waals surface area contributed by atoms with E-state index in [1.807, 2.05) is 66.7 Å². The van der Waals surface area contributed by atoms with E-state index in [1.54, 1.807) is 12.3 Å². The number of nitrogens with one attached hydrogen (secondary N) is 1. The molecule has 4 rings (SSSR count). The van der Waals surface area contributed by atoms with Gasteiger partial charge in [-0.3, -0.25) is 9.78 Å². The molecule has 0 bridgehead atoms. The van der Waals surface area contributed by atoms with Crippen LogP contribution in [0.25, 0.3) is 28.3 Å². The molecular weight excluding hydrogens is 404 g/mol. The van der Waals surface area contributed by atoms with Crippen molar-refractivity contribution < 1.29 is 9.21 Å². The van der Waals surface area contributed by atoms with Crippen molar-refractivity contribution in [3.63, 3.8) is 0 Å². The molecule has 2 heterocycles. The number of anilines is 1. The number of pyridine rings is 1. The van der Waals surface area contributed by atoms with E-state index in [-0.39, 0.29) is 5.91 Å². The number of nitrogens with zero attached hydrogens (tertiary/aromatic N) is 1. The molecule has 132 valence electrons. The van der Waals surface area contributed by atoms with Gasteiger partial charge >= 0.3 is 0 Å². The topological polar surface area (TPSA) is 55.1 Å². The number of hydrogen-bond donors (Lipinski definition) is 1. The molecule has 27 heavy (non-hydrogen) atoms. The molecule has 1 N–H and O–H groups in total. The van der Waals surface area contributed by atoms with Gasteiger partial charge in [-0.1, -0.05) is 34.1 Å². The van der Waals surface area contributed by atoms with Crippen molar-refractivity contribution >= 4 is 44.5 Å². The molecule has 0 radical (unpaired) electrons. The van der Waals surface area contributed by atoms with Gasteiger partial charge in [0.2, 0.25) is 5.91 Å². The Morgan fingerprint density at radius 1 is 1.00 bits per heavy atom. The van der Waals surface area contributed by atoms with E-state index in [2.05, 4.69) is 26.2 Å². The van der Waals surface area contributed by atoms with E-state index in [4.69, 9.17) is 4.42 Å². The molecule has 0 aliphatic carbocycles. The highest BCUT2D eigenvalue weighted by atomic mass is 79.9. The van der Waals surface area contributed by atoms with Crippen LogP contribution >= 0.6 is 15.9 Å². The minimum atomic E-state index is -0.229. The van der Waals surface area contributed by atoms with Crippen molar-refractivity contribution in [2.75, 3.05) is 5.32 Å². The van der Waals surface area contributed by atoms with Crippen LogP contribution in [0.3, 0.4) is 0 Å². The Balaban J connectivity index is 1.48. The summed E-state index contributed by atoms with van der Waals surface area (Å²) in [5, 5.41) is 3.79. The molecular formula is C22H15BrN2O2. The van der Waals surface area contributed by atoms with Crippen molar-refractivity contribution in [1.82, 2.24) is 4.98 Å². The number of rotatable bonds is 4. The molecule has 0 aliphatic heterocycles. The first-order chi connectivity index (χ1) is 13.2. The number of amides is 1. The fourth-order valence-corrected chi connectivity index (χ4v) is 3.02. The van der Waals surface area contributed by atoms with Crippen LogP contribution in [-0.2, 0) is 4.79 Å². The summed E-state index contributed by atoms with van der Waals surface area (Å²) in [5.74, 6) is 1.14. The van der Waals surface area contributed by atoms with Crippen LogP contribution in [0.1, 0.15) is 5.76 Å². The predicted molar refractivity (Wildman–Crippen MR) is 111 cm³/mol. The molecule has 2 aromatic carbocycles. The van der Waals surface area contributed by atoms with Crippen LogP contribution in [0.4, 0.5) is 5.69 Å². The number of fused-ring (bicyclic) bond motifs is 1. The molecule has 0 spiro atoms. The number of carbonyl (C=O) groups excluding carboxylic acids is 1. The Bertz CT molecular complexity index is 1130. The molecule has 0 saturated heterocycles. The van der Waals surface area contributed by atoms with E-state index in [0.29, 0.717) is 5.76 Å². The fourth-order valence-electron chi connectivity index (χ4n) is 2.76. The Hall–Kier alpha value is -3.18. The molecule has 5 heteroatoms. The van der Waals surface area contributed by atoms with Crippen molar-refractivity contribution in [3.05, 3.63) is 89.2 Å². The van der Waals surface area contributed by atoms with Gasteiger partial charge < -0.3 is 9.73 Å². The summed E-state index contributed by atoms with van der Waals surface area (Å²) in [7, 11) is 0. The van der Waals surface area contributed by atoms with Crippen molar-refractivity contribution in [2.24, 2.45) is 0 Å². The highest BCUT2D eigenvalue weighted by Gasteiger charge is 2.05. The number of aromatic nitrogens is 1. The Morgan fingerprint density at radius 2 is 1.85 bits per heavy atom. The lowest BCUT2D eigenvalue weighted by Crippen LogP contribution is -2.08. The van der Waals surface area contributed by atoms with Crippen LogP contribution < -0.4 is 5.32 Å². The molecule has 0 atom stereocenters. The second-order valence-electron chi connectivity index (χ2n) is 5.91. The summed E-state index contributed by atoms with van der Waals surface area (Å²) in [5.41, 5.74) is 2.54. The maximum atomic E-state index is 12.3. The van der Waals surface area contributed by atoms with Crippen LogP contribution in [0.5, 0.6) is 0 Å². The van der Waals surface area contributed by atoms with Gasteiger partial charge in [0.15, 0.2) is 0 Å². The monoisotopic (exact) mass is 418 g/mol. The number of hydrogen-bond acceptors (Lipinski definition) is 3. The first-order valence-corrected chi connectivity index (χ1v) is 9.17. The van der Waals surface area contributed by atoms with Crippen LogP contribution in [0.15, 0.2) is 87.9 Å². The van der Waals surface area contributed by atoms with Gasteiger partial charge in [-0.15, -0.1) is 0 Å². The molecule has 0 aliphatic rings. The van der Waals surface area contributed by atoms with Crippen molar-refractivity contribution in [2.45, 2.75) is 0 Å². The van der Waals surface area contributed by atoms with Gasteiger partial charge in [-0.05, 0) is 54.6 Å². The largest absolute Gasteiger partial charge is 0.457 e. The lowest BCUT2D eigenvalue weighted by atomic mass is 10.2. The molecule has 1 amide bonds. The fraction of sp³-hybridized carbons (Fsp3) is 0. The van der Waals surface area contributed by atoms with Gasteiger partial charge in [0, 0.05) is 27.7 Å². The van der Waals surface area contributed by atoms with Gasteiger partial charge in [-0.25, -0.2) is 0 Å². The average Bonchev–Trinajstić information content (AvgIpc) is 3.16. The standard InChI is InChI=1S/C22H15BrN2O2/c23-16-8-6-15(7-9-16)21-12-10-17(27-21)11-13-22(26)25-20-5-1-4-19-18(20)3-2-14-24-19/h1-14H,(H,25,26). The Morgan fingerprint density at radius 3 is 2.70 bits per heavy atom. The minimum Gasteiger partial charge on any atom is -0.457 e. The number of halogens is 1. The zero-order chi connectivity index (χ0) is 18.6. The van der Waals surface area contributed by atoms with E-state index in [1.165, 1.54) is 6.08 Å². The third kappa shape index (κ3) is 3.99. The van der Waals surface area contributed by atoms with E-state index >= 15 is 0 Å². The summed E-state index contributed by atoms with van der Waals surface area (Å²) in [4.78, 5) is 16.6. The predicted octanol–water partition coefficient (Wildman–Crippen LogP) is 5.91. The highest BCUT2D eigenvalue weighted by Crippen LogP contribution is 2.25. The smallest absolute Gasteiger partial charge is 0.248 e. The molecule has 0 fully saturated rings. The summed E-state index contributed by atoms with van der Waals surface area (Å²) < 4.78 is 6.80. The number of benzene rings is 2. The lowest BCUT2D eigenvalue weighted by molar-refractivity contribution is -0.111. The summed E-state index contributed by atoms with van der Waals surface area (Å²) in [6.07, 6.45) is 4.84. The number of furan rings is 1. The van der Waals surface area contributed by atoms with Crippen molar-refractivity contribution in [1.29, 1.82) is 0 Å². The maximum absolute atomic E-state index is 12.3. The van der Waals surface area contributed by atoms with Crippen LogP contribution in [0, 0.1) is 0 Å². The summed E-state index contributed by atoms with van der Waals surface area (Å²) >= 11 is 3.42. The summed E-state index contributed by atoms with van der Waals surface area (Å²) in [6, 6.07) is 21.0. The van der Waals surface area contributed by atoms with E-state index in [0.717, 1.165) is 32.4 Å². The van der Waals surface area contributed by atoms with Gasteiger partial charge in [0.05, 0.1) is 11.2 Å². The molecule has 4 nitrogen and oxygen atoms in total. The third-order valence-corrected chi connectivity index (χ3v) is 4.59. The molecule has 2 aromatic heterocycles. The van der Waals surface area contributed by atoms with Crippen molar-refractivity contribution in [3.8, 4) is 11.3 Å². The van der Waals surface area contributed by atoms with Gasteiger partial charge in [-0.2, -0.15) is 0 Å². The second kappa shape index (κ2) is 7.60. The highest BCUT2D eigenvalue weighted by molar-refractivity contribution is 9.10. The first-order valence-electron chi connectivity index (χ1n) is 8.38. The van der Waals surface area contributed by atoms with Crippen LogP contribution in [-0.4, -0.2) is 10.9 Å². The third-order valence-electron chi connectivity index (χ3n) is 4.06. The van der Waals surface area contributed by atoms with Gasteiger partial charge in [0.1, 0.15) is 11.5 Å². The SMILES string of the molecule is O=C(C=Cc1ccc(-c2ccc(Br)cc2)o1)Nc1cccc2ncccc12. The summed E-state index contributed by atoms with van der Waals surface area (Å²) in [6.45, 7) is 0. The minimum absolute atomic E-state index is 0.229. The van der Waals surface area contributed by atoms with E-state index in [9.17, 15) is 4.79 Å². The molecule has 0 unspecified atom stereocenters. The average molecular weight is 419 g/mol. The maximum Gasteiger partial charge on any atom is 0.248 e. The van der Waals surface area contributed by atoms with Crippen LogP contribution in [0.2, 0.25) is 0 Å².